The summed E-state index contributed by atoms with van der Waals surface area (Å²) in [5.74, 6) is 0.443. The van der Waals surface area contributed by atoms with E-state index in [0.717, 1.165) is 38.8 Å². The Bertz CT molecular complexity index is 679. The number of hydrogen-bond acceptors (Lipinski definition) is 5. The molecule has 0 bridgehead atoms. The number of sulfonamides is 1. The standard InChI is InChI=1S/C19H30N2O4S/c1-3-25-18-6-4-5-7-19(18)26(22,23)21-14-8-16(9-15-21)20-12-10-17(24-2)11-13-20/h4-7,16-17H,3,8-15H2,1-2H3. The van der Waals surface area contributed by atoms with Crippen LogP contribution in [0, 0.1) is 0 Å². The zero-order valence-electron chi connectivity index (χ0n) is 15.8. The minimum atomic E-state index is -3.51. The molecule has 2 fully saturated rings. The van der Waals surface area contributed by atoms with Crippen molar-refractivity contribution in [2.45, 2.75) is 49.6 Å². The summed E-state index contributed by atoms with van der Waals surface area (Å²) in [6, 6.07) is 7.40. The molecule has 26 heavy (non-hydrogen) atoms. The Hall–Kier alpha value is -1.15. The van der Waals surface area contributed by atoms with Gasteiger partial charge in [-0.25, -0.2) is 8.42 Å². The van der Waals surface area contributed by atoms with E-state index in [-0.39, 0.29) is 4.90 Å². The van der Waals surface area contributed by atoms with E-state index >= 15 is 0 Å². The summed E-state index contributed by atoms with van der Waals surface area (Å²) in [4.78, 5) is 2.79. The number of nitrogens with zero attached hydrogens (tertiary/aromatic N) is 2. The number of likely N-dealkylation sites (tertiary alicyclic amines) is 1. The first-order chi connectivity index (χ1) is 12.6. The van der Waals surface area contributed by atoms with Gasteiger partial charge in [0.25, 0.3) is 0 Å². The molecule has 2 heterocycles. The van der Waals surface area contributed by atoms with Gasteiger partial charge < -0.3 is 14.4 Å². The van der Waals surface area contributed by atoms with Gasteiger partial charge in [0.05, 0.1) is 12.7 Å². The molecule has 0 amide bonds. The Balaban J connectivity index is 1.62. The number of benzene rings is 1. The highest BCUT2D eigenvalue weighted by Gasteiger charge is 2.34. The highest BCUT2D eigenvalue weighted by atomic mass is 32.2. The molecule has 2 aliphatic heterocycles. The molecule has 0 N–H and O–H groups in total. The van der Waals surface area contributed by atoms with E-state index in [0.29, 0.717) is 37.6 Å². The number of piperidine rings is 2. The number of ether oxygens (including phenoxy) is 2. The van der Waals surface area contributed by atoms with Crippen LogP contribution in [0.25, 0.3) is 0 Å². The summed E-state index contributed by atoms with van der Waals surface area (Å²) in [7, 11) is -1.73. The first-order valence-electron chi connectivity index (χ1n) is 9.55. The molecule has 7 heteroatoms. The second kappa shape index (κ2) is 8.69. The minimum Gasteiger partial charge on any atom is -0.492 e. The molecular weight excluding hydrogens is 352 g/mol. The van der Waals surface area contributed by atoms with Crippen molar-refractivity contribution in [3.05, 3.63) is 24.3 Å². The van der Waals surface area contributed by atoms with Gasteiger partial charge in [0.2, 0.25) is 10.0 Å². The van der Waals surface area contributed by atoms with Crippen molar-refractivity contribution in [2.24, 2.45) is 0 Å². The molecule has 0 spiro atoms. The fraction of sp³-hybridized carbons (Fsp3) is 0.684. The van der Waals surface area contributed by atoms with Crippen LogP contribution in [0.3, 0.4) is 0 Å². The van der Waals surface area contributed by atoms with Crippen LogP contribution in [0.4, 0.5) is 0 Å². The van der Waals surface area contributed by atoms with Gasteiger partial charge in [-0.05, 0) is 44.7 Å². The number of rotatable bonds is 6. The lowest BCUT2D eigenvalue weighted by Crippen LogP contribution is -2.49. The predicted molar refractivity (Wildman–Crippen MR) is 101 cm³/mol. The second-order valence-electron chi connectivity index (χ2n) is 6.99. The third-order valence-electron chi connectivity index (χ3n) is 5.52. The molecule has 6 nitrogen and oxygen atoms in total. The molecule has 1 aromatic carbocycles. The van der Waals surface area contributed by atoms with Gasteiger partial charge in [-0.1, -0.05) is 12.1 Å². The van der Waals surface area contributed by atoms with Gasteiger partial charge in [-0.15, -0.1) is 0 Å². The Morgan fingerprint density at radius 3 is 2.31 bits per heavy atom. The van der Waals surface area contributed by atoms with E-state index in [2.05, 4.69) is 4.90 Å². The van der Waals surface area contributed by atoms with Gasteiger partial charge in [-0.3, -0.25) is 0 Å². The zero-order chi connectivity index (χ0) is 18.6. The molecule has 2 aliphatic rings. The second-order valence-corrected chi connectivity index (χ2v) is 8.89. The third-order valence-corrected chi connectivity index (χ3v) is 7.45. The lowest BCUT2D eigenvalue weighted by Gasteiger charge is -2.41. The normalized spacial score (nSPS) is 21.8. The smallest absolute Gasteiger partial charge is 0.246 e. The van der Waals surface area contributed by atoms with E-state index in [9.17, 15) is 8.42 Å². The zero-order valence-corrected chi connectivity index (χ0v) is 16.6. The number of methoxy groups -OCH3 is 1. The van der Waals surface area contributed by atoms with Crippen LogP contribution >= 0.6 is 0 Å². The van der Waals surface area contributed by atoms with Crippen LogP contribution in [-0.2, 0) is 14.8 Å². The van der Waals surface area contributed by atoms with Crippen molar-refractivity contribution in [3.8, 4) is 5.75 Å². The monoisotopic (exact) mass is 382 g/mol. The van der Waals surface area contributed by atoms with E-state index in [1.165, 1.54) is 0 Å². The third kappa shape index (κ3) is 4.22. The van der Waals surface area contributed by atoms with Crippen molar-refractivity contribution < 1.29 is 17.9 Å². The summed E-state index contributed by atoms with van der Waals surface area (Å²) in [5, 5.41) is 0. The Morgan fingerprint density at radius 2 is 1.69 bits per heavy atom. The Morgan fingerprint density at radius 1 is 1.04 bits per heavy atom. The van der Waals surface area contributed by atoms with E-state index in [1.54, 1.807) is 35.7 Å². The van der Waals surface area contributed by atoms with Gasteiger partial charge >= 0.3 is 0 Å². The minimum absolute atomic E-state index is 0.279. The van der Waals surface area contributed by atoms with Gasteiger partial charge in [0.1, 0.15) is 10.6 Å². The van der Waals surface area contributed by atoms with Crippen LogP contribution in [-0.4, -0.2) is 69.7 Å². The van der Waals surface area contributed by atoms with Crippen LogP contribution < -0.4 is 4.74 Å². The summed E-state index contributed by atoms with van der Waals surface area (Å²) in [6.45, 7) is 5.54. The van der Waals surface area contributed by atoms with Gasteiger partial charge in [-0.2, -0.15) is 4.31 Å². The van der Waals surface area contributed by atoms with Crippen molar-refractivity contribution in [3.63, 3.8) is 0 Å². The molecule has 2 saturated heterocycles. The molecule has 146 valence electrons. The fourth-order valence-electron chi connectivity index (χ4n) is 4.00. The first kappa shape index (κ1) is 19.6. The van der Waals surface area contributed by atoms with E-state index in [1.807, 2.05) is 6.92 Å². The van der Waals surface area contributed by atoms with Crippen LogP contribution in [0.5, 0.6) is 5.75 Å². The quantitative estimate of drug-likeness (QED) is 0.756. The topological polar surface area (TPSA) is 59.1 Å². The number of hydrogen-bond donors (Lipinski definition) is 0. The van der Waals surface area contributed by atoms with Gasteiger partial charge in [0, 0.05) is 39.3 Å². The maximum absolute atomic E-state index is 13.1. The summed E-state index contributed by atoms with van der Waals surface area (Å²) >= 11 is 0. The molecule has 0 saturated carbocycles. The summed E-state index contributed by atoms with van der Waals surface area (Å²) in [6.07, 6.45) is 4.27. The molecule has 3 rings (SSSR count). The highest BCUT2D eigenvalue weighted by molar-refractivity contribution is 7.89. The highest BCUT2D eigenvalue weighted by Crippen LogP contribution is 2.30. The predicted octanol–water partition coefficient (Wildman–Crippen LogP) is 2.35. The van der Waals surface area contributed by atoms with Crippen molar-refractivity contribution in [1.29, 1.82) is 0 Å². The average Bonchev–Trinajstić information content (AvgIpc) is 2.69. The SMILES string of the molecule is CCOc1ccccc1S(=O)(=O)N1CCC(N2CCC(OC)CC2)CC1. The summed E-state index contributed by atoms with van der Waals surface area (Å²) < 4.78 is 38.7. The molecule has 0 unspecified atom stereocenters. The van der Waals surface area contributed by atoms with E-state index < -0.39 is 10.0 Å². The lowest BCUT2D eigenvalue weighted by atomic mass is 10.00. The lowest BCUT2D eigenvalue weighted by molar-refractivity contribution is 0.0190. The van der Waals surface area contributed by atoms with Crippen LogP contribution in [0.2, 0.25) is 0 Å². The van der Waals surface area contributed by atoms with Gasteiger partial charge in [0.15, 0.2) is 0 Å². The summed E-state index contributed by atoms with van der Waals surface area (Å²) in [5.41, 5.74) is 0. The van der Waals surface area contributed by atoms with Crippen LogP contribution in [0.15, 0.2) is 29.2 Å². The molecule has 0 atom stereocenters. The molecule has 0 aromatic heterocycles. The molecule has 0 aliphatic carbocycles. The van der Waals surface area contributed by atoms with Crippen LogP contribution in [0.1, 0.15) is 32.6 Å². The first-order valence-corrected chi connectivity index (χ1v) is 11.0. The number of para-hydroxylation sites is 1. The fourth-order valence-corrected chi connectivity index (χ4v) is 5.60. The van der Waals surface area contributed by atoms with Crippen molar-refractivity contribution in [2.75, 3.05) is 39.9 Å². The maximum atomic E-state index is 13.1. The molecule has 1 aromatic rings. The Labute approximate surface area is 157 Å². The van der Waals surface area contributed by atoms with Crippen molar-refractivity contribution in [1.82, 2.24) is 9.21 Å². The largest absolute Gasteiger partial charge is 0.492 e. The maximum Gasteiger partial charge on any atom is 0.246 e. The average molecular weight is 383 g/mol. The van der Waals surface area contributed by atoms with Crippen molar-refractivity contribution >= 4 is 10.0 Å². The molecular formula is C19H30N2O4S. The molecule has 0 radical (unpaired) electrons. The van der Waals surface area contributed by atoms with E-state index in [4.69, 9.17) is 9.47 Å². The Kier molecular flexibility index (Phi) is 6.55.